The molecule has 0 unspecified atom stereocenters. The SMILES string of the molecule is Cc1cccc(NC(N)=NCCS(=O)(=O)c2ccc(Br)cc2)c1.I. The molecule has 2 aromatic rings. The van der Waals surface area contributed by atoms with Crippen LogP contribution >= 0.6 is 39.9 Å². The van der Waals surface area contributed by atoms with Crippen LogP contribution < -0.4 is 11.1 Å². The Bertz CT molecular complexity index is 808. The van der Waals surface area contributed by atoms with Crippen molar-refractivity contribution >= 4 is 61.4 Å². The topological polar surface area (TPSA) is 84.5 Å². The summed E-state index contributed by atoms with van der Waals surface area (Å²) >= 11 is 3.28. The molecule has 0 aliphatic rings. The fourth-order valence-corrected chi connectivity index (χ4v) is 3.34. The van der Waals surface area contributed by atoms with E-state index >= 15 is 0 Å². The number of benzene rings is 2. The number of sulfone groups is 1. The second-order valence-electron chi connectivity index (χ2n) is 5.03. The molecule has 0 atom stereocenters. The summed E-state index contributed by atoms with van der Waals surface area (Å²) in [5.41, 5.74) is 7.70. The molecule has 0 saturated carbocycles. The van der Waals surface area contributed by atoms with Gasteiger partial charge in [-0.05, 0) is 48.9 Å². The smallest absolute Gasteiger partial charge is 0.193 e. The van der Waals surface area contributed by atoms with Crippen molar-refractivity contribution in [2.75, 3.05) is 17.6 Å². The summed E-state index contributed by atoms with van der Waals surface area (Å²) in [7, 11) is -3.36. The minimum atomic E-state index is -3.36. The van der Waals surface area contributed by atoms with Gasteiger partial charge in [-0.15, -0.1) is 24.0 Å². The van der Waals surface area contributed by atoms with Gasteiger partial charge in [0.2, 0.25) is 0 Å². The second kappa shape index (κ2) is 9.38. The molecule has 0 saturated heterocycles. The summed E-state index contributed by atoms with van der Waals surface area (Å²) in [4.78, 5) is 4.35. The lowest BCUT2D eigenvalue weighted by Gasteiger charge is -2.07. The average molecular weight is 524 g/mol. The van der Waals surface area contributed by atoms with E-state index in [1.807, 2.05) is 31.2 Å². The molecule has 0 fully saturated rings. The monoisotopic (exact) mass is 523 g/mol. The second-order valence-corrected chi connectivity index (χ2v) is 8.06. The molecule has 3 N–H and O–H groups in total. The molecule has 0 aromatic heterocycles. The molecule has 0 amide bonds. The Kier molecular flexibility index (Phi) is 8.17. The van der Waals surface area contributed by atoms with Gasteiger partial charge in [0, 0.05) is 10.2 Å². The number of hydrogen-bond donors (Lipinski definition) is 2. The Labute approximate surface area is 167 Å². The Morgan fingerprint density at radius 1 is 1.21 bits per heavy atom. The number of nitrogens with zero attached hydrogens (tertiary/aromatic N) is 1. The van der Waals surface area contributed by atoms with E-state index in [0.717, 1.165) is 15.7 Å². The molecule has 2 rings (SSSR count). The van der Waals surface area contributed by atoms with Crippen LogP contribution in [0.4, 0.5) is 5.69 Å². The predicted molar refractivity (Wildman–Crippen MR) is 113 cm³/mol. The highest BCUT2D eigenvalue weighted by molar-refractivity contribution is 14.0. The lowest BCUT2D eigenvalue weighted by Crippen LogP contribution is -2.24. The van der Waals surface area contributed by atoms with Gasteiger partial charge in [0.15, 0.2) is 15.8 Å². The Morgan fingerprint density at radius 3 is 2.50 bits per heavy atom. The minimum absolute atomic E-state index is 0. The van der Waals surface area contributed by atoms with E-state index in [2.05, 4.69) is 26.2 Å². The van der Waals surface area contributed by atoms with Crippen molar-refractivity contribution in [3.63, 3.8) is 0 Å². The van der Waals surface area contributed by atoms with E-state index < -0.39 is 9.84 Å². The van der Waals surface area contributed by atoms with Crippen LogP contribution in [0.5, 0.6) is 0 Å². The highest BCUT2D eigenvalue weighted by Crippen LogP contribution is 2.16. The maximum atomic E-state index is 12.2. The number of nitrogens with two attached hydrogens (primary N) is 1. The van der Waals surface area contributed by atoms with Crippen LogP contribution in [0.15, 0.2) is 62.9 Å². The summed E-state index contributed by atoms with van der Waals surface area (Å²) in [6.45, 7) is 2.08. The number of anilines is 1. The van der Waals surface area contributed by atoms with Crippen LogP contribution in [-0.4, -0.2) is 26.7 Å². The maximum absolute atomic E-state index is 12.2. The summed E-state index contributed by atoms with van der Waals surface area (Å²) in [6, 6.07) is 14.2. The van der Waals surface area contributed by atoms with Crippen molar-refractivity contribution < 1.29 is 8.42 Å². The molecule has 2 aromatic carbocycles. The maximum Gasteiger partial charge on any atom is 0.193 e. The molecule has 0 bridgehead atoms. The van der Waals surface area contributed by atoms with Gasteiger partial charge < -0.3 is 11.1 Å². The molecule has 5 nitrogen and oxygen atoms in total. The van der Waals surface area contributed by atoms with Crippen molar-refractivity contribution in [1.29, 1.82) is 0 Å². The van der Waals surface area contributed by atoms with Gasteiger partial charge in [-0.1, -0.05) is 28.1 Å². The number of rotatable bonds is 5. The quantitative estimate of drug-likeness (QED) is 0.356. The third kappa shape index (κ3) is 6.40. The predicted octanol–water partition coefficient (Wildman–Crippen LogP) is 3.58. The minimum Gasteiger partial charge on any atom is -0.370 e. The van der Waals surface area contributed by atoms with Crippen molar-refractivity contribution in [2.24, 2.45) is 10.7 Å². The normalized spacial score (nSPS) is 11.7. The molecule has 0 aliphatic heterocycles. The van der Waals surface area contributed by atoms with Crippen molar-refractivity contribution in [1.82, 2.24) is 0 Å². The standard InChI is InChI=1S/C16H18BrN3O2S.HI/c1-12-3-2-4-14(11-12)20-16(18)19-9-10-23(21,22)15-7-5-13(17)6-8-15;/h2-8,11H,9-10H2,1H3,(H3,18,19,20);1H. The fourth-order valence-electron chi connectivity index (χ4n) is 1.96. The van der Waals surface area contributed by atoms with Gasteiger partial charge in [-0.2, -0.15) is 0 Å². The first-order chi connectivity index (χ1) is 10.9. The van der Waals surface area contributed by atoms with Gasteiger partial charge in [-0.3, -0.25) is 4.99 Å². The first-order valence-electron chi connectivity index (χ1n) is 6.99. The fraction of sp³-hybridized carbons (Fsp3) is 0.188. The number of nitrogens with one attached hydrogen (secondary N) is 1. The van der Waals surface area contributed by atoms with Crippen LogP contribution in [0.1, 0.15) is 5.56 Å². The molecular formula is C16H19BrIN3O2S. The van der Waals surface area contributed by atoms with Crippen LogP contribution in [-0.2, 0) is 9.84 Å². The summed E-state index contributed by atoms with van der Waals surface area (Å²) in [6.07, 6.45) is 0. The molecule has 0 heterocycles. The number of guanidine groups is 1. The van der Waals surface area contributed by atoms with Gasteiger partial charge in [0.25, 0.3) is 0 Å². The molecule has 0 radical (unpaired) electrons. The van der Waals surface area contributed by atoms with Gasteiger partial charge in [0.1, 0.15) is 0 Å². The summed E-state index contributed by atoms with van der Waals surface area (Å²) in [5, 5.41) is 2.94. The van der Waals surface area contributed by atoms with Gasteiger partial charge in [0.05, 0.1) is 17.2 Å². The molecule has 24 heavy (non-hydrogen) atoms. The summed E-state index contributed by atoms with van der Waals surface area (Å²) < 4.78 is 25.2. The third-order valence-electron chi connectivity index (χ3n) is 3.11. The zero-order valence-corrected chi connectivity index (χ0v) is 17.8. The number of aryl methyl sites for hydroxylation is 1. The summed E-state index contributed by atoms with van der Waals surface area (Å²) in [5.74, 6) is 0.104. The first-order valence-corrected chi connectivity index (χ1v) is 9.43. The molecule has 8 heteroatoms. The zero-order chi connectivity index (χ0) is 16.9. The Balaban J connectivity index is 0.00000288. The number of hydrogen-bond acceptors (Lipinski definition) is 3. The molecule has 130 valence electrons. The van der Waals surface area contributed by atoms with E-state index in [9.17, 15) is 8.42 Å². The first kappa shape index (κ1) is 20.9. The third-order valence-corrected chi connectivity index (χ3v) is 5.34. The lowest BCUT2D eigenvalue weighted by atomic mass is 10.2. The lowest BCUT2D eigenvalue weighted by molar-refractivity contribution is 0.596. The van der Waals surface area contributed by atoms with Crippen LogP contribution in [0.25, 0.3) is 0 Å². The molecular weight excluding hydrogens is 505 g/mol. The molecule has 0 aliphatic carbocycles. The number of aliphatic imine (C=N–C) groups is 1. The van der Waals surface area contributed by atoms with E-state index in [1.54, 1.807) is 24.3 Å². The Morgan fingerprint density at radius 2 is 1.88 bits per heavy atom. The Hall–Kier alpha value is -1.13. The highest BCUT2D eigenvalue weighted by atomic mass is 127. The van der Waals surface area contributed by atoms with E-state index in [0.29, 0.717) is 0 Å². The van der Waals surface area contributed by atoms with Crippen molar-refractivity contribution in [3.8, 4) is 0 Å². The highest BCUT2D eigenvalue weighted by Gasteiger charge is 2.13. The zero-order valence-electron chi connectivity index (χ0n) is 13.1. The largest absolute Gasteiger partial charge is 0.370 e. The number of halogens is 2. The van der Waals surface area contributed by atoms with E-state index in [-0.39, 0.29) is 47.1 Å². The van der Waals surface area contributed by atoms with Crippen molar-refractivity contribution in [2.45, 2.75) is 11.8 Å². The van der Waals surface area contributed by atoms with Crippen LogP contribution in [0.2, 0.25) is 0 Å². The molecule has 0 spiro atoms. The van der Waals surface area contributed by atoms with Crippen LogP contribution in [0.3, 0.4) is 0 Å². The van der Waals surface area contributed by atoms with Gasteiger partial charge >= 0.3 is 0 Å². The average Bonchev–Trinajstić information content (AvgIpc) is 2.47. The van der Waals surface area contributed by atoms with E-state index in [4.69, 9.17) is 5.73 Å². The van der Waals surface area contributed by atoms with Crippen LogP contribution in [0, 0.1) is 6.92 Å². The van der Waals surface area contributed by atoms with Gasteiger partial charge in [-0.25, -0.2) is 8.42 Å². The van der Waals surface area contributed by atoms with Crippen molar-refractivity contribution in [3.05, 3.63) is 58.6 Å². The van der Waals surface area contributed by atoms with E-state index in [1.165, 1.54) is 0 Å².